The quantitative estimate of drug-likeness (QED) is 0.800. The molecule has 2 unspecified atom stereocenters. The van der Waals surface area contributed by atoms with Crippen LogP contribution in [-0.4, -0.2) is 41.7 Å². The van der Waals surface area contributed by atoms with Crippen molar-refractivity contribution in [3.63, 3.8) is 0 Å². The molecular formula is C18H24N6O. The van der Waals surface area contributed by atoms with Crippen molar-refractivity contribution in [3.05, 3.63) is 43.0 Å². The fourth-order valence-corrected chi connectivity index (χ4v) is 3.94. The predicted octanol–water partition coefficient (Wildman–Crippen LogP) is 1.88. The molecule has 4 rings (SSSR count). The van der Waals surface area contributed by atoms with E-state index in [1.807, 2.05) is 22.0 Å². The van der Waals surface area contributed by atoms with E-state index < -0.39 is 0 Å². The molecule has 0 spiro atoms. The van der Waals surface area contributed by atoms with Crippen LogP contribution in [0.1, 0.15) is 32.0 Å². The van der Waals surface area contributed by atoms with Crippen molar-refractivity contribution < 1.29 is 4.79 Å². The van der Waals surface area contributed by atoms with Crippen LogP contribution in [0.4, 0.5) is 0 Å². The van der Waals surface area contributed by atoms with Crippen molar-refractivity contribution >= 4 is 5.91 Å². The van der Waals surface area contributed by atoms with Crippen LogP contribution in [0.5, 0.6) is 0 Å². The van der Waals surface area contributed by atoms with Gasteiger partial charge in [-0.05, 0) is 19.3 Å². The van der Waals surface area contributed by atoms with Crippen molar-refractivity contribution in [1.82, 2.24) is 29.2 Å². The predicted molar refractivity (Wildman–Crippen MR) is 92.3 cm³/mol. The number of carbonyl (C=O) groups is 1. The van der Waals surface area contributed by atoms with E-state index in [0.717, 1.165) is 44.7 Å². The zero-order chi connectivity index (χ0) is 17.3. The highest BCUT2D eigenvalue weighted by Crippen LogP contribution is 2.35. The van der Waals surface area contributed by atoms with Crippen molar-refractivity contribution in [1.29, 1.82) is 0 Å². The Kier molecular flexibility index (Phi) is 4.15. The smallest absolute Gasteiger partial charge is 0.229 e. The zero-order valence-corrected chi connectivity index (χ0v) is 14.6. The van der Waals surface area contributed by atoms with Crippen LogP contribution in [0.2, 0.25) is 0 Å². The summed E-state index contributed by atoms with van der Waals surface area (Å²) in [6.45, 7) is 5.00. The van der Waals surface area contributed by atoms with Gasteiger partial charge in [-0.25, -0.2) is 9.97 Å². The molecule has 7 heteroatoms. The number of amides is 1. The van der Waals surface area contributed by atoms with E-state index in [1.54, 1.807) is 12.7 Å². The van der Waals surface area contributed by atoms with E-state index >= 15 is 0 Å². The summed E-state index contributed by atoms with van der Waals surface area (Å²) in [6.07, 6.45) is 14.2. The number of nitrogens with zero attached hydrogens (tertiary/aromatic N) is 6. The first-order valence-electron chi connectivity index (χ1n) is 8.91. The average Bonchev–Trinajstić information content (AvgIpc) is 3.24. The molecule has 1 aliphatic carbocycles. The van der Waals surface area contributed by atoms with Gasteiger partial charge in [0.25, 0.3) is 0 Å². The standard InChI is InChI=1S/C18H24N6O/c1-18(5-3-2-4-6-18)17(25)23-10-15(11-24-14-19-13-21-24)9-22-8-7-20-16(22)12-23/h2-3,7-8,13-15H,4-6,9-12H2,1H3. The van der Waals surface area contributed by atoms with Crippen molar-refractivity contribution in [3.8, 4) is 0 Å². The van der Waals surface area contributed by atoms with E-state index in [-0.39, 0.29) is 17.2 Å². The van der Waals surface area contributed by atoms with E-state index in [1.165, 1.54) is 0 Å². The van der Waals surface area contributed by atoms with Gasteiger partial charge >= 0.3 is 0 Å². The fourth-order valence-electron chi connectivity index (χ4n) is 3.94. The van der Waals surface area contributed by atoms with Crippen LogP contribution in [-0.2, 0) is 24.4 Å². The summed E-state index contributed by atoms with van der Waals surface area (Å²) in [4.78, 5) is 23.8. The molecule has 2 aliphatic rings. The summed E-state index contributed by atoms with van der Waals surface area (Å²) < 4.78 is 4.01. The third-order valence-corrected chi connectivity index (χ3v) is 5.38. The topological polar surface area (TPSA) is 68.8 Å². The Balaban J connectivity index is 1.58. The molecule has 2 aromatic heterocycles. The Morgan fingerprint density at radius 2 is 2.28 bits per heavy atom. The summed E-state index contributed by atoms with van der Waals surface area (Å²) in [6, 6.07) is 0. The number of hydrogen-bond acceptors (Lipinski definition) is 4. The van der Waals surface area contributed by atoms with Crippen molar-refractivity contribution in [2.75, 3.05) is 6.54 Å². The second kappa shape index (κ2) is 6.46. The number of carbonyl (C=O) groups excluding carboxylic acids is 1. The lowest BCUT2D eigenvalue weighted by molar-refractivity contribution is -0.143. The minimum atomic E-state index is -0.297. The lowest BCUT2D eigenvalue weighted by atomic mass is 9.77. The summed E-state index contributed by atoms with van der Waals surface area (Å²) >= 11 is 0. The van der Waals surface area contributed by atoms with Gasteiger partial charge in [-0.15, -0.1) is 0 Å². The number of fused-ring (bicyclic) bond motifs is 1. The summed E-state index contributed by atoms with van der Waals surface area (Å²) in [5.41, 5.74) is -0.297. The Bertz CT molecular complexity index is 764. The maximum atomic E-state index is 13.3. The molecule has 2 atom stereocenters. The van der Waals surface area contributed by atoms with Gasteiger partial charge in [0.05, 0.1) is 12.0 Å². The van der Waals surface area contributed by atoms with E-state index in [9.17, 15) is 4.79 Å². The Morgan fingerprint density at radius 3 is 3.04 bits per heavy atom. The Labute approximate surface area is 147 Å². The van der Waals surface area contributed by atoms with Gasteiger partial charge in [-0.2, -0.15) is 5.10 Å². The number of hydrogen-bond donors (Lipinski definition) is 0. The molecule has 132 valence electrons. The lowest BCUT2D eigenvalue weighted by Crippen LogP contribution is -2.44. The Hall–Kier alpha value is -2.44. The third-order valence-electron chi connectivity index (χ3n) is 5.38. The summed E-state index contributed by atoms with van der Waals surface area (Å²) in [5.74, 6) is 1.49. The Morgan fingerprint density at radius 1 is 1.36 bits per heavy atom. The molecule has 25 heavy (non-hydrogen) atoms. The molecule has 0 bridgehead atoms. The van der Waals surface area contributed by atoms with Crippen LogP contribution in [0, 0.1) is 11.3 Å². The molecule has 0 aromatic carbocycles. The minimum Gasteiger partial charge on any atom is -0.334 e. The molecule has 0 N–H and O–H groups in total. The molecule has 1 aliphatic heterocycles. The highest BCUT2D eigenvalue weighted by molar-refractivity contribution is 5.82. The number of imidazole rings is 1. The molecule has 0 saturated heterocycles. The first-order chi connectivity index (χ1) is 12.1. The zero-order valence-electron chi connectivity index (χ0n) is 14.6. The van der Waals surface area contributed by atoms with E-state index in [4.69, 9.17) is 0 Å². The second-order valence-electron chi connectivity index (χ2n) is 7.44. The molecule has 0 saturated carbocycles. The monoisotopic (exact) mass is 340 g/mol. The highest BCUT2D eigenvalue weighted by Gasteiger charge is 2.38. The number of allylic oxidation sites excluding steroid dienone is 2. The summed E-state index contributed by atoms with van der Waals surface area (Å²) in [5, 5.41) is 4.23. The number of rotatable bonds is 3. The normalized spacial score (nSPS) is 26.3. The van der Waals surface area contributed by atoms with Crippen molar-refractivity contribution in [2.24, 2.45) is 11.3 Å². The first kappa shape index (κ1) is 16.1. The summed E-state index contributed by atoms with van der Waals surface area (Å²) in [7, 11) is 0. The average molecular weight is 340 g/mol. The fraction of sp³-hybridized carbons (Fsp3) is 0.556. The lowest BCUT2D eigenvalue weighted by Gasteiger charge is -2.35. The first-order valence-corrected chi connectivity index (χ1v) is 8.91. The van der Waals surface area contributed by atoms with Crippen LogP contribution in [0.25, 0.3) is 0 Å². The minimum absolute atomic E-state index is 0.247. The highest BCUT2D eigenvalue weighted by atomic mass is 16.2. The molecule has 3 heterocycles. The van der Waals surface area contributed by atoms with Gasteiger partial charge in [0.1, 0.15) is 18.5 Å². The van der Waals surface area contributed by atoms with Crippen molar-refractivity contribution in [2.45, 2.75) is 45.8 Å². The van der Waals surface area contributed by atoms with Crippen LogP contribution >= 0.6 is 0 Å². The molecule has 1 amide bonds. The van der Waals surface area contributed by atoms with Gasteiger partial charge in [0.2, 0.25) is 5.91 Å². The molecule has 0 fully saturated rings. The van der Waals surface area contributed by atoms with Crippen LogP contribution in [0.3, 0.4) is 0 Å². The van der Waals surface area contributed by atoms with Gasteiger partial charge < -0.3 is 9.47 Å². The molecule has 0 radical (unpaired) electrons. The SMILES string of the molecule is CC1(C(=O)N2Cc3nccn3CC(Cn3cncn3)C2)CC=CCC1. The molecular weight excluding hydrogens is 316 g/mol. The van der Waals surface area contributed by atoms with E-state index in [0.29, 0.717) is 6.54 Å². The van der Waals surface area contributed by atoms with Gasteiger partial charge in [-0.1, -0.05) is 19.1 Å². The second-order valence-corrected chi connectivity index (χ2v) is 7.44. The maximum Gasteiger partial charge on any atom is 0.229 e. The van der Waals surface area contributed by atoms with Crippen LogP contribution < -0.4 is 0 Å². The third kappa shape index (κ3) is 3.23. The van der Waals surface area contributed by atoms with Gasteiger partial charge in [-0.3, -0.25) is 9.48 Å². The molecule has 7 nitrogen and oxygen atoms in total. The van der Waals surface area contributed by atoms with E-state index in [2.05, 4.69) is 38.7 Å². The van der Waals surface area contributed by atoms with Gasteiger partial charge in [0.15, 0.2) is 0 Å². The maximum absolute atomic E-state index is 13.3. The van der Waals surface area contributed by atoms with Gasteiger partial charge in [0, 0.05) is 37.9 Å². The van der Waals surface area contributed by atoms with Crippen LogP contribution in [0.15, 0.2) is 37.2 Å². The number of aromatic nitrogens is 5. The largest absolute Gasteiger partial charge is 0.334 e. The molecule has 2 aromatic rings.